The smallest absolute Gasteiger partial charge is 0.0654 e. The Morgan fingerprint density at radius 1 is 0.400 bits per heavy atom. The molecular formula is C45H58. The minimum atomic E-state index is -0.327. The van der Waals surface area contributed by atoms with Gasteiger partial charge in [-0.15, -0.1) is 0 Å². The first kappa shape index (κ1) is 33.2. The van der Waals surface area contributed by atoms with Gasteiger partial charge < -0.3 is 0 Å². The lowest BCUT2D eigenvalue weighted by Gasteiger charge is -2.35. The normalized spacial score (nSPS) is 13.2. The van der Waals surface area contributed by atoms with Crippen LogP contribution in [0.2, 0.25) is 0 Å². The largest absolute Gasteiger partial charge is 0.0714 e. The molecule has 0 heterocycles. The number of aryl methyl sites for hydroxylation is 6. The van der Waals surface area contributed by atoms with Gasteiger partial charge in [-0.2, -0.15) is 0 Å². The molecule has 0 amide bonds. The van der Waals surface area contributed by atoms with Crippen LogP contribution >= 0.6 is 0 Å². The van der Waals surface area contributed by atoms with Crippen molar-refractivity contribution in [1.29, 1.82) is 0 Å². The summed E-state index contributed by atoms with van der Waals surface area (Å²) in [6.45, 7) is 13.8. The Bertz CT molecular complexity index is 1450. The Hall–Kier alpha value is -3.12. The molecule has 238 valence electrons. The van der Waals surface area contributed by atoms with E-state index in [1.165, 1.54) is 144 Å². The lowest BCUT2D eigenvalue weighted by Crippen LogP contribution is -2.29. The first-order valence-corrected chi connectivity index (χ1v) is 18.3. The molecule has 1 aliphatic rings. The van der Waals surface area contributed by atoms with Crippen molar-refractivity contribution < 1.29 is 0 Å². The summed E-state index contributed by atoms with van der Waals surface area (Å²) in [5.41, 5.74) is 16.7. The topological polar surface area (TPSA) is 0 Å². The molecule has 0 unspecified atom stereocenters. The fourth-order valence-electron chi connectivity index (χ4n) is 8.01. The van der Waals surface area contributed by atoms with Gasteiger partial charge in [-0.1, -0.05) is 173 Å². The highest BCUT2D eigenvalue weighted by atomic mass is 14.5. The summed E-state index contributed by atoms with van der Waals surface area (Å²) in [5.74, 6) is 0. The zero-order valence-electron chi connectivity index (χ0n) is 29.3. The number of hydrogen-bond acceptors (Lipinski definition) is 0. The Balaban J connectivity index is 1.63. The maximum atomic E-state index is 2.58. The van der Waals surface area contributed by atoms with Crippen molar-refractivity contribution >= 4 is 0 Å². The van der Waals surface area contributed by atoms with Gasteiger partial charge in [0, 0.05) is 0 Å². The van der Waals surface area contributed by atoms with Crippen molar-refractivity contribution in [2.24, 2.45) is 0 Å². The van der Waals surface area contributed by atoms with E-state index >= 15 is 0 Å². The number of unbranched alkanes of at least 4 members (excludes halogenated alkanes) is 10. The molecule has 0 saturated heterocycles. The van der Waals surface area contributed by atoms with Crippen molar-refractivity contribution in [3.05, 3.63) is 128 Å². The molecule has 0 nitrogen and oxygen atoms in total. The lowest BCUT2D eigenvalue weighted by atomic mass is 9.66. The van der Waals surface area contributed by atoms with Crippen LogP contribution in [0.4, 0.5) is 0 Å². The zero-order valence-corrected chi connectivity index (χ0v) is 29.3. The third-order valence-electron chi connectivity index (χ3n) is 10.2. The first-order chi connectivity index (χ1) is 21.9. The molecule has 0 radical (unpaired) electrons. The third-order valence-corrected chi connectivity index (χ3v) is 10.2. The Labute approximate surface area is 275 Å². The Kier molecular flexibility index (Phi) is 11.4. The average molecular weight is 599 g/mol. The van der Waals surface area contributed by atoms with Gasteiger partial charge in [-0.3, -0.25) is 0 Å². The fourth-order valence-corrected chi connectivity index (χ4v) is 8.01. The van der Waals surface area contributed by atoms with E-state index in [0.29, 0.717) is 0 Å². The summed E-state index contributed by atoms with van der Waals surface area (Å²) in [5, 5.41) is 0. The van der Waals surface area contributed by atoms with E-state index in [-0.39, 0.29) is 5.41 Å². The minimum absolute atomic E-state index is 0.327. The molecule has 45 heavy (non-hydrogen) atoms. The van der Waals surface area contributed by atoms with Crippen LogP contribution in [0.5, 0.6) is 0 Å². The molecule has 0 heteroatoms. The summed E-state index contributed by atoms with van der Waals surface area (Å²) in [6, 6.07) is 29.5. The van der Waals surface area contributed by atoms with E-state index in [1.54, 1.807) is 0 Å². The second kappa shape index (κ2) is 15.4. The number of benzene rings is 4. The molecule has 0 N–H and O–H groups in total. The van der Waals surface area contributed by atoms with E-state index in [1.807, 2.05) is 0 Å². The van der Waals surface area contributed by atoms with Crippen LogP contribution in [0.25, 0.3) is 11.1 Å². The molecule has 1 aliphatic carbocycles. The van der Waals surface area contributed by atoms with Gasteiger partial charge in [-0.25, -0.2) is 0 Å². The summed E-state index contributed by atoms with van der Waals surface area (Å²) < 4.78 is 0. The standard InChI is InChI=1S/C45H58/c1-7-9-11-13-15-17-19-37-25-35(5)27-39(31-37)45(40-28-36(6)26-38(32-40)20-18-16-14-12-10-8-2)43-29-33(3)21-23-41(43)42-24-22-34(4)30-44(42)45/h21-32H,7-20H2,1-6H3. The summed E-state index contributed by atoms with van der Waals surface area (Å²) in [7, 11) is 0. The quantitative estimate of drug-likeness (QED) is 0.0991. The highest BCUT2D eigenvalue weighted by molar-refractivity contribution is 5.87. The highest BCUT2D eigenvalue weighted by Crippen LogP contribution is 2.57. The molecule has 0 fully saturated rings. The van der Waals surface area contributed by atoms with Gasteiger partial charge >= 0.3 is 0 Å². The number of rotatable bonds is 16. The summed E-state index contributed by atoms with van der Waals surface area (Å²) >= 11 is 0. The second-order valence-corrected chi connectivity index (χ2v) is 14.3. The predicted octanol–water partition coefficient (Wildman–Crippen LogP) is 13.1. The van der Waals surface area contributed by atoms with Crippen LogP contribution in [0.15, 0.2) is 72.8 Å². The fraction of sp³-hybridized carbons (Fsp3) is 0.467. The third kappa shape index (κ3) is 7.48. The van der Waals surface area contributed by atoms with Gasteiger partial charge in [0.25, 0.3) is 0 Å². The van der Waals surface area contributed by atoms with Gasteiger partial charge in [0.05, 0.1) is 5.41 Å². The molecule has 0 atom stereocenters. The molecular weight excluding hydrogens is 540 g/mol. The molecule has 0 saturated carbocycles. The van der Waals surface area contributed by atoms with E-state index in [4.69, 9.17) is 0 Å². The van der Waals surface area contributed by atoms with Crippen LogP contribution < -0.4 is 0 Å². The molecule has 4 aromatic carbocycles. The van der Waals surface area contributed by atoms with Crippen molar-refractivity contribution in [2.75, 3.05) is 0 Å². The van der Waals surface area contributed by atoms with E-state index < -0.39 is 0 Å². The summed E-state index contributed by atoms with van der Waals surface area (Å²) in [4.78, 5) is 0. The van der Waals surface area contributed by atoms with Crippen LogP contribution in [0.1, 0.15) is 147 Å². The molecule has 0 aliphatic heterocycles. The van der Waals surface area contributed by atoms with Crippen molar-refractivity contribution in [2.45, 2.75) is 137 Å². The Morgan fingerprint density at radius 2 is 0.800 bits per heavy atom. The molecule has 4 aromatic rings. The molecule has 0 aromatic heterocycles. The first-order valence-electron chi connectivity index (χ1n) is 18.3. The number of hydrogen-bond donors (Lipinski definition) is 0. The van der Waals surface area contributed by atoms with Crippen LogP contribution in [0, 0.1) is 27.7 Å². The molecule has 5 rings (SSSR count). The average Bonchev–Trinajstić information content (AvgIpc) is 3.29. The van der Waals surface area contributed by atoms with Crippen LogP contribution in [-0.4, -0.2) is 0 Å². The van der Waals surface area contributed by atoms with Crippen LogP contribution in [-0.2, 0) is 18.3 Å². The molecule has 0 bridgehead atoms. The highest BCUT2D eigenvalue weighted by Gasteiger charge is 2.46. The van der Waals surface area contributed by atoms with Crippen molar-refractivity contribution in [3.8, 4) is 11.1 Å². The number of fused-ring (bicyclic) bond motifs is 3. The Morgan fingerprint density at radius 3 is 1.22 bits per heavy atom. The van der Waals surface area contributed by atoms with Gasteiger partial charge in [0.1, 0.15) is 0 Å². The maximum absolute atomic E-state index is 2.58. The van der Waals surface area contributed by atoms with Crippen molar-refractivity contribution in [1.82, 2.24) is 0 Å². The van der Waals surface area contributed by atoms with Crippen molar-refractivity contribution in [3.63, 3.8) is 0 Å². The van der Waals surface area contributed by atoms with E-state index in [0.717, 1.165) is 12.8 Å². The van der Waals surface area contributed by atoms with Gasteiger partial charge in [0.15, 0.2) is 0 Å². The monoisotopic (exact) mass is 598 g/mol. The zero-order chi connectivity index (χ0) is 31.8. The maximum Gasteiger partial charge on any atom is 0.0714 e. The van der Waals surface area contributed by atoms with E-state index in [9.17, 15) is 0 Å². The van der Waals surface area contributed by atoms with Gasteiger partial charge in [-0.05, 0) is 97.9 Å². The van der Waals surface area contributed by atoms with Crippen LogP contribution in [0.3, 0.4) is 0 Å². The minimum Gasteiger partial charge on any atom is -0.0654 e. The second-order valence-electron chi connectivity index (χ2n) is 14.3. The lowest BCUT2D eigenvalue weighted by molar-refractivity contribution is 0.606. The predicted molar refractivity (Wildman–Crippen MR) is 197 cm³/mol. The SMILES string of the molecule is CCCCCCCCc1cc(C)cc(C2(c3cc(C)cc(CCCCCCCC)c3)c3cc(C)ccc3-c3ccc(C)cc32)c1. The van der Waals surface area contributed by atoms with E-state index in [2.05, 4.69) is 114 Å². The summed E-state index contributed by atoms with van der Waals surface area (Å²) in [6.07, 6.45) is 18.4. The molecule has 0 spiro atoms. The van der Waals surface area contributed by atoms with Gasteiger partial charge in [0.2, 0.25) is 0 Å².